The van der Waals surface area contributed by atoms with E-state index in [4.69, 9.17) is 9.47 Å². The van der Waals surface area contributed by atoms with Crippen molar-refractivity contribution < 1.29 is 19.1 Å². The van der Waals surface area contributed by atoms with Gasteiger partial charge < -0.3 is 14.3 Å². The molecule has 0 amide bonds. The first-order chi connectivity index (χ1) is 6.23. The van der Waals surface area contributed by atoms with Gasteiger partial charge in [-0.15, -0.1) is 0 Å². The Bertz CT molecular complexity index is 283. The van der Waals surface area contributed by atoms with E-state index in [1.165, 1.54) is 7.11 Å². The van der Waals surface area contributed by atoms with Crippen molar-refractivity contribution in [3.8, 4) is 0 Å². The lowest BCUT2D eigenvalue weighted by molar-refractivity contribution is -0.188. The van der Waals surface area contributed by atoms with Crippen molar-refractivity contribution in [2.24, 2.45) is 5.92 Å². The van der Waals surface area contributed by atoms with Crippen LogP contribution in [0.2, 0.25) is 0 Å². The van der Waals surface area contributed by atoms with Crippen LogP contribution in [0.3, 0.4) is 0 Å². The second kappa shape index (κ2) is 2.67. The van der Waals surface area contributed by atoms with Crippen molar-refractivity contribution >= 4 is 12.3 Å². The van der Waals surface area contributed by atoms with E-state index in [2.05, 4.69) is 0 Å². The minimum Gasteiger partial charge on any atom is -0.456 e. The van der Waals surface area contributed by atoms with Crippen molar-refractivity contribution in [1.82, 2.24) is 0 Å². The summed E-state index contributed by atoms with van der Waals surface area (Å²) in [6.45, 7) is 0. The van der Waals surface area contributed by atoms with Gasteiger partial charge in [-0.05, 0) is 12.2 Å². The number of carbonyl (C=O) groups is 2. The Morgan fingerprint density at radius 3 is 3.00 bits per heavy atom. The Balaban J connectivity index is 2.43. The lowest BCUT2D eigenvalue weighted by Gasteiger charge is -2.42. The molecule has 0 radical (unpaired) electrons. The van der Waals surface area contributed by atoms with Crippen LogP contribution in [-0.4, -0.2) is 31.1 Å². The van der Waals surface area contributed by atoms with Gasteiger partial charge in [-0.25, -0.2) is 4.79 Å². The van der Waals surface area contributed by atoms with Crippen LogP contribution in [0, 0.1) is 5.92 Å². The summed E-state index contributed by atoms with van der Waals surface area (Å²) in [5, 5.41) is 0. The molecule has 0 N–H and O–H groups in total. The van der Waals surface area contributed by atoms with E-state index in [-0.39, 0.29) is 6.10 Å². The number of methoxy groups -OCH3 is 1. The summed E-state index contributed by atoms with van der Waals surface area (Å²) >= 11 is 0. The van der Waals surface area contributed by atoms with Crippen molar-refractivity contribution in [2.75, 3.05) is 7.11 Å². The van der Waals surface area contributed by atoms with Gasteiger partial charge in [0.2, 0.25) is 0 Å². The minimum absolute atomic E-state index is 0.250. The number of hydrogen-bond donors (Lipinski definition) is 0. The molecule has 13 heavy (non-hydrogen) atoms. The molecule has 2 bridgehead atoms. The molecule has 0 saturated carbocycles. The predicted molar refractivity (Wildman–Crippen MR) is 42.9 cm³/mol. The van der Waals surface area contributed by atoms with E-state index in [1.54, 1.807) is 12.2 Å². The molecular weight excluding hydrogens is 172 g/mol. The van der Waals surface area contributed by atoms with Gasteiger partial charge in [0.05, 0.1) is 5.92 Å². The molecule has 0 aromatic carbocycles. The fourth-order valence-corrected chi connectivity index (χ4v) is 1.87. The summed E-state index contributed by atoms with van der Waals surface area (Å²) in [6, 6.07) is 0. The number of esters is 1. The number of fused-ring (bicyclic) bond motifs is 2. The zero-order valence-electron chi connectivity index (χ0n) is 7.23. The molecule has 1 fully saturated rings. The van der Waals surface area contributed by atoms with Crippen LogP contribution < -0.4 is 0 Å². The highest BCUT2D eigenvalue weighted by molar-refractivity contribution is 5.89. The van der Waals surface area contributed by atoms with Gasteiger partial charge in [0.1, 0.15) is 12.4 Å². The number of rotatable bonds is 2. The molecule has 0 unspecified atom stereocenters. The fourth-order valence-electron chi connectivity index (χ4n) is 1.87. The van der Waals surface area contributed by atoms with Gasteiger partial charge in [-0.1, -0.05) is 0 Å². The number of ether oxygens (including phenoxy) is 2. The molecule has 3 aliphatic rings. The second-order valence-corrected chi connectivity index (χ2v) is 3.28. The van der Waals surface area contributed by atoms with Crippen LogP contribution in [0.4, 0.5) is 0 Å². The van der Waals surface area contributed by atoms with E-state index in [0.717, 1.165) is 6.29 Å². The highest BCUT2D eigenvalue weighted by Crippen LogP contribution is 2.38. The fraction of sp³-hybridized carbons (Fsp3) is 0.556. The Hall–Kier alpha value is -1.16. The molecule has 1 saturated heterocycles. The van der Waals surface area contributed by atoms with Crippen LogP contribution in [-0.2, 0) is 19.1 Å². The van der Waals surface area contributed by atoms with Crippen LogP contribution in [0.15, 0.2) is 12.2 Å². The molecule has 0 spiro atoms. The first-order valence-corrected chi connectivity index (χ1v) is 4.14. The van der Waals surface area contributed by atoms with E-state index < -0.39 is 17.5 Å². The van der Waals surface area contributed by atoms with Gasteiger partial charge in [-0.2, -0.15) is 0 Å². The number of carbonyl (C=O) groups excluding carboxylic acids is 2. The standard InChI is InChI=1S/C9H10O4/c1-12-9-3-2-7(13-8(9)11)4-6(9)5-10/h2-3,5-7H,4H2,1H3/t6-,7-,9-/m1/s1. The second-order valence-electron chi connectivity index (χ2n) is 3.28. The molecule has 3 atom stereocenters. The third kappa shape index (κ3) is 0.951. The Kier molecular flexibility index (Phi) is 1.73. The number of hydrogen-bond acceptors (Lipinski definition) is 4. The first kappa shape index (κ1) is 8.44. The SMILES string of the molecule is CO[C@]12C=C[C@H](C[C@@H]1C=O)OC2=O. The third-order valence-electron chi connectivity index (χ3n) is 2.68. The average molecular weight is 182 g/mol. The van der Waals surface area contributed by atoms with E-state index >= 15 is 0 Å². The molecule has 2 heterocycles. The monoisotopic (exact) mass is 182 g/mol. The van der Waals surface area contributed by atoms with Crippen molar-refractivity contribution in [2.45, 2.75) is 18.1 Å². The van der Waals surface area contributed by atoms with Crippen LogP contribution in [0.1, 0.15) is 6.42 Å². The van der Waals surface area contributed by atoms with E-state index in [1.807, 2.05) is 0 Å². The predicted octanol–water partition coefficient (Wildman–Crippen LogP) is 0.0720. The average Bonchev–Trinajstić information content (AvgIpc) is 2.18. The van der Waals surface area contributed by atoms with Crippen LogP contribution in [0.5, 0.6) is 0 Å². The molecule has 0 aromatic rings. The first-order valence-electron chi connectivity index (χ1n) is 4.14. The summed E-state index contributed by atoms with van der Waals surface area (Å²) in [4.78, 5) is 22.2. The van der Waals surface area contributed by atoms with Gasteiger partial charge in [-0.3, -0.25) is 0 Å². The van der Waals surface area contributed by atoms with Gasteiger partial charge in [0.25, 0.3) is 0 Å². The van der Waals surface area contributed by atoms with Gasteiger partial charge >= 0.3 is 5.97 Å². The maximum atomic E-state index is 11.4. The minimum atomic E-state index is -1.16. The Morgan fingerprint density at radius 1 is 1.77 bits per heavy atom. The van der Waals surface area contributed by atoms with Crippen LogP contribution >= 0.6 is 0 Å². The maximum Gasteiger partial charge on any atom is 0.343 e. The molecule has 2 aliphatic heterocycles. The van der Waals surface area contributed by atoms with Crippen molar-refractivity contribution in [3.63, 3.8) is 0 Å². The van der Waals surface area contributed by atoms with Gasteiger partial charge in [0.15, 0.2) is 5.60 Å². The largest absolute Gasteiger partial charge is 0.456 e. The molecule has 4 nitrogen and oxygen atoms in total. The van der Waals surface area contributed by atoms with Crippen molar-refractivity contribution in [1.29, 1.82) is 0 Å². The zero-order chi connectivity index (χ0) is 9.47. The molecule has 0 aromatic heterocycles. The molecule has 70 valence electrons. The highest BCUT2D eigenvalue weighted by atomic mass is 16.6. The van der Waals surface area contributed by atoms with Gasteiger partial charge in [0, 0.05) is 13.5 Å². The van der Waals surface area contributed by atoms with E-state index in [0.29, 0.717) is 6.42 Å². The smallest absolute Gasteiger partial charge is 0.343 e. The van der Waals surface area contributed by atoms with Crippen LogP contribution in [0.25, 0.3) is 0 Å². The third-order valence-corrected chi connectivity index (χ3v) is 2.68. The summed E-state index contributed by atoms with van der Waals surface area (Å²) < 4.78 is 10.1. The summed E-state index contributed by atoms with van der Waals surface area (Å²) in [5.74, 6) is -0.861. The Morgan fingerprint density at radius 2 is 2.54 bits per heavy atom. The zero-order valence-corrected chi connectivity index (χ0v) is 7.23. The normalized spacial score (nSPS) is 41.8. The molecular formula is C9H10O4. The maximum absolute atomic E-state index is 11.4. The van der Waals surface area contributed by atoms with Crippen molar-refractivity contribution in [3.05, 3.63) is 12.2 Å². The molecule has 1 aliphatic carbocycles. The lowest BCUT2D eigenvalue weighted by atomic mass is 9.77. The topological polar surface area (TPSA) is 52.6 Å². The Labute approximate surface area is 75.5 Å². The number of aldehydes is 1. The van der Waals surface area contributed by atoms with E-state index in [9.17, 15) is 9.59 Å². The summed E-state index contributed by atoms with van der Waals surface area (Å²) in [6.07, 6.45) is 4.44. The summed E-state index contributed by atoms with van der Waals surface area (Å²) in [7, 11) is 1.41. The highest BCUT2D eigenvalue weighted by Gasteiger charge is 2.53. The molecule has 4 heteroatoms. The lowest BCUT2D eigenvalue weighted by Crippen LogP contribution is -2.56. The quantitative estimate of drug-likeness (QED) is 0.344. The molecule has 3 rings (SSSR count). The summed E-state index contributed by atoms with van der Waals surface area (Å²) in [5.41, 5.74) is -1.16.